The SMILES string of the molecule is Cc1sc2nc(CS[C@H](C)C(=O)NC3CCCCC3)[nH]c(=O)c2c1C. The molecular formula is C18H25N3O2S2. The van der Waals surface area contributed by atoms with Gasteiger partial charge in [0.1, 0.15) is 10.7 Å². The Hall–Kier alpha value is -1.34. The number of hydrogen-bond acceptors (Lipinski definition) is 5. The Morgan fingerprint density at radius 1 is 1.36 bits per heavy atom. The fraction of sp³-hybridized carbons (Fsp3) is 0.611. The summed E-state index contributed by atoms with van der Waals surface area (Å²) >= 11 is 3.07. The number of carbonyl (C=O) groups excluding carboxylic acids is 1. The molecule has 25 heavy (non-hydrogen) atoms. The van der Waals surface area contributed by atoms with E-state index >= 15 is 0 Å². The lowest BCUT2D eigenvalue weighted by Gasteiger charge is -2.24. The van der Waals surface area contributed by atoms with Crippen LogP contribution in [0.4, 0.5) is 0 Å². The molecule has 7 heteroatoms. The summed E-state index contributed by atoms with van der Waals surface area (Å²) < 4.78 is 0. The van der Waals surface area contributed by atoms with Crippen LogP contribution in [0.15, 0.2) is 4.79 Å². The monoisotopic (exact) mass is 379 g/mol. The second-order valence-electron chi connectivity index (χ2n) is 6.77. The van der Waals surface area contributed by atoms with E-state index in [1.807, 2.05) is 20.8 Å². The molecular weight excluding hydrogens is 354 g/mol. The van der Waals surface area contributed by atoms with E-state index in [1.54, 1.807) is 11.3 Å². The van der Waals surface area contributed by atoms with Crippen molar-refractivity contribution in [3.63, 3.8) is 0 Å². The van der Waals surface area contributed by atoms with Gasteiger partial charge in [-0.3, -0.25) is 9.59 Å². The highest BCUT2D eigenvalue weighted by molar-refractivity contribution is 7.99. The number of fused-ring (bicyclic) bond motifs is 1. The van der Waals surface area contributed by atoms with Crippen LogP contribution in [0.1, 0.15) is 55.3 Å². The van der Waals surface area contributed by atoms with Crippen molar-refractivity contribution in [2.45, 2.75) is 69.9 Å². The lowest BCUT2D eigenvalue weighted by atomic mass is 9.95. The van der Waals surface area contributed by atoms with Crippen LogP contribution < -0.4 is 10.9 Å². The molecule has 1 aliphatic rings. The number of aryl methyl sites for hydroxylation is 2. The largest absolute Gasteiger partial charge is 0.352 e. The lowest BCUT2D eigenvalue weighted by Crippen LogP contribution is -2.40. The van der Waals surface area contributed by atoms with Crippen molar-refractivity contribution >= 4 is 39.2 Å². The minimum atomic E-state index is -0.158. The molecule has 0 saturated heterocycles. The summed E-state index contributed by atoms with van der Waals surface area (Å²) in [6, 6.07) is 0.329. The Morgan fingerprint density at radius 2 is 2.08 bits per heavy atom. The average Bonchev–Trinajstić information content (AvgIpc) is 2.88. The third kappa shape index (κ3) is 4.26. The topological polar surface area (TPSA) is 74.8 Å². The summed E-state index contributed by atoms with van der Waals surface area (Å²) in [5.41, 5.74) is 0.926. The standard InChI is InChI=1S/C18H25N3O2S2/c1-10-11(2)25-18-15(10)17(23)20-14(21-18)9-24-12(3)16(22)19-13-7-5-4-6-8-13/h12-13H,4-9H2,1-3H3,(H,19,22)(H,20,21,23)/t12-/m1/s1. The third-order valence-corrected chi connectivity index (χ3v) is 7.13. The first-order valence-electron chi connectivity index (χ1n) is 8.86. The molecule has 0 bridgehead atoms. The molecule has 2 aromatic heterocycles. The number of amides is 1. The quantitative estimate of drug-likeness (QED) is 0.831. The number of aromatic nitrogens is 2. The van der Waals surface area contributed by atoms with Gasteiger partial charge in [0.05, 0.1) is 16.4 Å². The van der Waals surface area contributed by atoms with Gasteiger partial charge in [-0.05, 0) is 39.2 Å². The number of nitrogens with one attached hydrogen (secondary N) is 2. The zero-order chi connectivity index (χ0) is 18.0. The molecule has 0 spiro atoms. The minimum absolute atomic E-state index is 0.0817. The van der Waals surface area contributed by atoms with Crippen molar-refractivity contribution in [1.82, 2.24) is 15.3 Å². The maximum atomic E-state index is 12.3. The van der Waals surface area contributed by atoms with Crippen LogP contribution in [0.5, 0.6) is 0 Å². The number of hydrogen-bond donors (Lipinski definition) is 2. The molecule has 1 amide bonds. The van der Waals surface area contributed by atoms with Crippen LogP contribution in [0.25, 0.3) is 10.2 Å². The Bertz CT molecular complexity index is 822. The van der Waals surface area contributed by atoms with Gasteiger partial charge in [-0.25, -0.2) is 4.98 Å². The van der Waals surface area contributed by atoms with Gasteiger partial charge in [0, 0.05) is 10.9 Å². The molecule has 1 atom stereocenters. The first kappa shape index (κ1) is 18.5. The maximum absolute atomic E-state index is 12.3. The molecule has 2 aromatic rings. The number of thioether (sulfide) groups is 1. The highest BCUT2D eigenvalue weighted by Gasteiger charge is 2.20. The minimum Gasteiger partial charge on any atom is -0.352 e. The van der Waals surface area contributed by atoms with Gasteiger partial charge in [-0.1, -0.05) is 19.3 Å². The van der Waals surface area contributed by atoms with Crippen molar-refractivity contribution in [3.05, 3.63) is 26.6 Å². The van der Waals surface area contributed by atoms with Crippen molar-refractivity contribution in [2.75, 3.05) is 0 Å². The van der Waals surface area contributed by atoms with Crippen molar-refractivity contribution in [1.29, 1.82) is 0 Å². The fourth-order valence-corrected chi connectivity index (χ4v) is 5.03. The average molecular weight is 380 g/mol. The van der Waals surface area contributed by atoms with E-state index in [1.165, 1.54) is 31.0 Å². The molecule has 0 radical (unpaired) electrons. The van der Waals surface area contributed by atoms with Crippen molar-refractivity contribution < 1.29 is 4.79 Å². The molecule has 2 N–H and O–H groups in total. The van der Waals surface area contributed by atoms with Gasteiger partial charge in [-0.2, -0.15) is 0 Å². The normalized spacial score (nSPS) is 16.9. The number of aromatic amines is 1. The van der Waals surface area contributed by atoms with Gasteiger partial charge in [0.2, 0.25) is 5.91 Å². The van der Waals surface area contributed by atoms with Crippen molar-refractivity contribution in [2.24, 2.45) is 0 Å². The van der Waals surface area contributed by atoms with Crippen LogP contribution in [0.2, 0.25) is 0 Å². The number of thiophene rings is 1. The van der Waals surface area contributed by atoms with E-state index in [4.69, 9.17) is 0 Å². The number of H-pyrrole nitrogens is 1. The molecule has 1 aliphatic carbocycles. The van der Waals surface area contributed by atoms with E-state index < -0.39 is 0 Å². The second kappa shape index (κ2) is 7.91. The summed E-state index contributed by atoms with van der Waals surface area (Å²) in [4.78, 5) is 34.0. The van der Waals surface area contributed by atoms with Gasteiger partial charge in [0.25, 0.3) is 5.56 Å². The summed E-state index contributed by atoms with van der Waals surface area (Å²) in [5, 5.41) is 3.69. The van der Waals surface area contributed by atoms with Crippen LogP contribution >= 0.6 is 23.1 Å². The van der Waals surface area contributed by atoms with E-state index in [-0.39, 0.29) is 16.7 Å². The Labute approximate surface area is 156 Å². The zero-order valence-electron chi connectivity index (χ0n) is 15.0. The molecule has 0 unspecified atom stereocenters. The van der Waals surface area contributed by atoms with Crippen molar-refractivity contribution in [3.8, 4) is 0 Å². The Balaban J connectivity index is 1.61. The van der Waals surface area contributed by atoms with Gasteiger partial charge in [0.15, 0.2) is 0 Å². The van der Waals surface area contributed by atoms with E-state index in [2.05, 4.69) is 15.3 Å². The smallest absolute Gasteiger partial charge is 0.259 e. The predicted molar refractivity (Wildman–Crippen MR) is 105 cm³/mol. The number of rotatable bonds is 5. The first-order valence-corrected chi connectivity index (χ1v) is 10.7. The van der Waals surface area contributed by atoms with Crippen LogP contribution in [-0.2, 0) is 10.5 Å². The molecule has 5 nitrogen and oxygen atoms in total. The van der Waals surface area contributed by atoms with E-state index in [0.717, 1.165) is 28.1 Å². The Kier molecular flexibility index (Phi) is 5.84. The molecule has 136 valence electrons. The second-order valence-corrected chi connectivity index (χ2v) is 9.31. The van der Waals surface area contributed by atoms with Crippen LogP contribution in [0, 0.1) is 13.8 Å². The third-order valence-electron chi connectivity index (χ3n) is 4.88. The number of nitrogens with zero attached hydrogens (tertiary/aromatic N) is 1. The number of carbonyl (C=O) groups is 1. The Morgan fingerprint density at radius 3 is 2.80 bits per heavy atom. The highest BCUT2D eigenvalue weighted by Crippen LogP contribution is 2.26. The summed E-state index contributed by atoms with van der Waals surface area (Å²) in [7, 11) is 0. The fourth-order valence-electron chi connectivity index (χ4n) is 3.21. The van der Waals surface area contributed by atoms with Gasteiger partial charge >= 0.3 is 0 Å². The van der Waals surface area contributed by atoms with E-state index in [9.17, 15) is 9.59 Å². The molecule has 0 aromatic carbocycles. The molecule has 0 aliphatic heterocycles. The first-order chi connectivity index (χ1) is 12.0. The van der Waals surface area contributed by atoms with Crippen LogP contribution in [0.3, 0.4) is 0 Å². The summed E-state index contributed by atoms with van der Waals surface area (Å²) in [6.07, 6.45) is 5.87. The molecule has 1 saturated carbocycles. The lowest BCUT2D eigenvalue weighted by molar-refractivity contribution is -0.121. The zero-order valence-corrected chi connectivity index (χ0v) is 16.6. The summed E-state index contributed by atoms with van der Waals surface area (Å²) in [5.74, 6) is 1.25. The van der Waals surface area contributed by atoms with E-state index in [0.29, 0.717) is 23.0 Å². The molecule has 3 rings (SSSR count). The highest BCUT2D eigenvalue weighted by atomic mass is 32.2. The van der Waals surface area contributed by atoms with Crippen LogP contribution in [-0.4, -0.2) is 27.2 Å². The maximum Gasteiger partial charge on any atom is 0.259 e. The predicted octanol–water partition coefficient (Wildman–Crippen LogP) is 3.67. The molecule has 2 heterocycles. The van der Waals surface area contributed by atoms with Gasteiger partial charge < -0.3 is 10.3 Å². The summed E-state index contributed by atoms with van der Waals surface area (Å²) in [6.45, 7) is 5.88. The molecule has 1 fully saturated rings. The van der Waals surface area contributed by atoms with Gasteiger partial charge in [-0.15, -0.1) is 23.1 Å².